The van der Waals surface area contributed by atoms with E-state index in [4.69, 9.17) is 0 Å². The van der Waals surface area contributed by atoms with E-state index in [0.29, 0.717) is 23.5 Å². The first-order valence-electron chi connectivity index (χ1n) is 10.4. The molecule has 8 heteroatoms. The van der Waals surface area contributed by atoms with Crippen molar-refractivity contribution in [2.24, 2.45) is 0 Å². The Kier molecular flexibility index (Phi) is 6.28. The van der Waals surface area contributed by atoms with Crippen molar-refractivity contribution in [2.45, 2.75) is 25.3 Å². The van der Waals surface area contributed by atoms with Crippen molar-refractivity contribution >= 4 is 27.3 Å². The predicted molar refractivity (Wildman–Crippen MR) is 129 cm³/mol. The molecule has 0 radical (unpaired) electrons. The van der Waals surface area contributed by atoms with E-state index in [1.165, 1.54) is 24.3 Å². The van der Waals surface area contributed by atoms with Crippen LogP contribution < -0.4 is 10.0 Å². The van der Waals surface area contributed by atoms with Crippen molar-refractivity contribution < 1.29 is 13.2 Å². The van der Waals surface area contributed by atoms with Gasteiger partial charge in [-0.2, -0.15) is 0 Å². The normalized spacial score (nSPS) is 11.2. The van der Waals surface area contributed by atoms with Crippen LogP contribution in [-0.4, -0.2) is 23.9 Å². The van der Waals surface area contributed by atoms with E-state index in [0.717, 1.165) is 17.0 Å². The van der Waals surface area contributed by atoms with Crippen LogP contribution in [0.15, 0.2) is 90.1 Å². The van der Waals surface area contributed by atoms with Crippen LogP contribution in [0.3, 0.4) is 0 Å². The average Bonchev–Trinajstić information content (AvgIpc) is 3.21. The number of nitrogens with one attached hydrogen (secondary N) is 2. The first kappa shape index (κ1) is 22.3. The molecule has 1 heterocycles. The zero-order valence-corrected chi connectivity index (χ0v) is 19.1. The van der Waals surface area contributed by atoms with Gasteiger partial charge >= 0.3 is 0 Å². The number of nitrogens with zero attached hydrogens (tertiary/aromatic N) is 2. The van der Waals surface area contributed by atoms with Gasteiger partial charge in [-0.3, -0.25) is 9.52 Å². The molecule has 33 heavy (non-hydrogen) atoms. The van der Waals surface area contributed by atoms with E-state index in [2.05, 4.69) is 15.0 Å². The molecular weight excluding hydrogens is 436 g/mol. The molecule has 3 aromatic carbocycles. The number of carbonyl (C=O) groups excluding carboxylic acids is 1. The zero-order chi connectivity index (χ0) is 23.4. The summed E-state index contributed by atoms with van der Waals surface area (Å²) >= 11 is 0. The number of aryl methyl sites for hydroxylation is 2. The third-order valence-electron chi connectivity index (χ3n) is 5.22. The van der Waals surface area contributed by atoms with Gasteiger partial charge in [0.1, 0.15) is 5.82 Å². The Morgan fingerprint density at radius 2 is 1.52 bits per heavy atom. The lowest BCUT2D eigenvalue weighted by atomic mass is 10.2. The molecule has 0 unspecified atom stereocenters. The Bertz CT molecular complexity index is 1360. The van der Waals surface area contributed by atoms with Gasteiger partial charge in [0.25, 0.3) is 15.9 Å². The molecule has 0 saturated heterocycles. The van der Waals surface area contributed by atoms with Gasteiger partial charge in [-0.15, -0.1) is 0 Å². The standard InChI is InChI=1S/C25H24N4O3S/c1-18-3-9-23(10-4-18)28-33(31,32)24-13-7-21(8-14-24)25(30)27-22-11-5-20(6-12-22)17-29-16-15-26-19(29)2/h3-16,28H,17H2,1-2H3,(H,27,30). The molecule has 0 aliphatic carbocycles. The first-order valence-corrected chi connectivity index (χ1v) is 11.9. The summed E-state index contributed by atoms with van der Waals surface area (Å²) < 4.78 is 29.8. The maximum atomic E-state index is 12.6. The molecule has 2 N–H and O–H groups in total. The molecule has 168 valence electrons. The number of anilines is 2. The summed E-state index contributed by atoms with van der Waals surface area (Å²) in [6.45, 7) is 4.58. The van der Waals surface area contributed by atoms with Crippen molar-refractivity contribution in [1.29, 1.82) is 0 Å². The van der Waals surface area contributed by atoms with Gasteiger partial charge < -0.3 is 9.88 Å². The van der Waals surface area contributed by atoms with Gasteiger partial charge in [0.05, 0.1) is 4.90 Å². The molecule has 0 saturated carbocycles. The number of sulfonamides is 1. The van der Waals surface area contributed by atoms with Crippen molar-refractivity contribution in [3.05, 3.63) is 108 Å². The molecule has 4 rings (SSSR count). The van der Waals surface area contributed by atoms with Gasteiger partial charge in [0.15, 0.2) is 0 Å². The van der Waals surface area contributed by atoms with Crippen molar-refractivity contribution in [3.63, 3.8) is 0 Å². The largest absolute Gasteiger partial charge is 0.331 e. The second kappa shape index (κ2) is 9.30. The molecule has 0 aliphatic heterocycles. The topological polar surface area (TPSA) is 93.1 Å². The summed E-state index contributed by atoms with van der Waals surface area (Å²) in [5.74, 6) is 0.621. The van der Waals surface area contributed by atoms with Crippen LogP contribution in [0, 0.1) is 13.8 Å². The molecule has 0 bridgehead atoms. The Balaban J connectivity index is 1.39. The fraction of sp³-hybridized carbons (Fsp3) is 0.120. The van der Waals surface area contributed by atoms with Crippen molar-refractivity contribution in [2.75, 3.05) is 10.0 Å². The quantitative estimate of drug-likeness (QED) is 0.421. The highest BCUT2D eigenvalue weighted by Gasteiger charge is 2.15. The Hall–Kier alpha value is -3.91. The highest BCUT2D eigenvalue weighted by Crippen LogP contribution is 2.18. The third kappa shape index (κ3) is 5.48. The smallest absolute Gasteiger partial charge is 0.261 e. The van der Waals surface area contributed by atoms with Crippen LogP contribution in [-0.2, 0) is 16.6 Å². The van der Waals surface area contributed by atoms with Gasteiger partial charge in [-0.1, -0.05) is 29.8 Å². The predicted octanol–water partition coefficient (Wildman–Crippen LogP) is 4.60. The number of amides is 1. The molecule has 0 fully saturated rings. The number of benzene rings is 3. The van der Waals surface area contributed by atoms with Crippen LogP contribution in [0.1, 0.15) is 27.3 Å². The lowest BCUT2D eigenvalue weighted by molar-refractivity contribution is 0.102. The van der Waals surface area contributed by atoms with Crippen molar-refractivity contribution in [1.82, 2.24) is 9.55 Å². The van der Waals surface area contributed by atoms with Crippen molar-refractivity contribution in [3.8, 4) is 0 Å². The molecule has 0 spiro atoms. The average molecular weight is 461 g/mol. The number of rotatable bonds is 7. The molecule has 7 nitrogen and oxygen atoms in total. The van der Waals surface area contributed by atoms with Crippen LogP contribution >= 0.6 is 0 Å². The van der Waals surface area contributed by atoms with Gasteiger partial charge in [-0.05, 0) is 67.9 Å². The molecule has 4 aromatic rings. The fourth-order valence-electron chi connectivity index (χ4n) is 3.29. The summed E-state index contributed by atoms with van der Waals surface area (Å²) in [6.07, 6.45) is 3.68. The minimum absolute atomic E-state index is 0.0822. The van der Waals surface area contributed by atoms with E-state index in [9.17, 15) is 13.2 Å². The Morgan fingerprint density at radius 3 is 2.12 bits per heavy atom. The van der Waals surface area contributed by atoms with Gasteiger partial charge in [0, 0.05) is 35.9 Å². The number of hydrogen-bond acceptors (Lipinski definition) is 4. The maximum Gasteiger partial charge on any atom is 0.261 e. The monoisotopic (exact) mass is 460 g/mol. The van der Waals surface area contributed by atoms with Gasteiger partial charge in [0.2, 0.25) is 0 Å². The Labute approximate surface area is 193 Å². The van der Waals surface area contributed by atoms with E-state index in [-0.39, 0.29) is 10.8 Å². The number of carbonyl (C=O) groups is 1. The molecule has 0 aliphatic rings. The van der Waals surface area contributed by atoms with Gasteiger partial charge in [-0.25, -0.2) is 13.4 Å². The van der Waals surface area contributed by atoms with Crippen LogP contribution in [0.5, 0.6) is 0 Å². The summed E-state index contributed by atoms with van der Waals surface area (Å²) in [6, 6.07) is 20.5. The Morgan fingerprint density at radius 1 is 0.879 bits per heavy atom. The van der Waals surface area contributed by atoms with E-state index in [1.54, 1.807) is 18.3 Å². The molecular formula is C25H24N4O3S. The lowest BCUT2D eigenvalue weighted by Gasteiger charge is -2.10. The highest BCUT2D eigenvalue weighted by atomic mass is 32.2. The molecule has 1 aromatic heterocycles. The van der Waals surface area contributed by atoms with E-state index < -0.39 is 10.0 Å². The number of hydrogen-bond donors (Lipinski definition) is 2. The summed E-state index contributed by atoms with van der Waals surface area (Å²) in [5.41, 5.74) is 3.63. The second-order valence-electron chi connectivity index (χ2n) is 7.75. The summed E-state index contributed by atoms with van der Waals surface area (Å²) in [7, 11) is -3.75. The SMILES string of the molecule is Cc1ccc(NS(=O)(=O)c2ccc(C(=O)Nc3ccc(Cn4ccnc4C)cc3)cc2)cc1. The third-order valence-corrected chi connectivity index (χ3v) is 6.62. The highest BCUT2D eigenvalue weighted by molar-refractivity contribution is 7.92. The van der Waals surface area contributed by atoms with Crippen LogP contribution in [0.4, 0.5) is 11.4 Å². The summed E-state index contributed by atoms with van der Waals surface area (Å²) in [4.78, 5) is 16.9. The minimum atomic E-state index is -3.75. The molecule has 1 amide bonds. The zero-order valence-electron chi connectivity index (χ0n) is 18.3. The number of aromatic nitrogens is 2. The summed E-state index contributed by atoms with van der Waals surface area (Å²) in [5, 5.41) is 2.84. The molecule has 0 atom stereocenters. The second-order valence-corrected chi connectivity index (χ2v) is 9.43. The fourth-order valence-corrected chi connectivity index (χ4v) is 4.34. The van der Waals surface area contributed by atoms with Crippen LogP contribution in [0.2, 0.25) is 0 Å². The van der Waals surface area contributed by atoms with E-state index >= 15 is 0 Å². The lowest BCUT2D eigenvalue weighted by Crippen LogP contribution is -2.15. The first-order chi connectivity index (χ1) is 15.8. The van der Waals surface area contributed by atoms with Crippen LogP contribution in [0.25, 0.3) is 0 Å². The maximum absolute atomic E-state index is 12.6. The minimum Gasteiger partial charge on any atom is -0.331 e. The van der Waals surface area contributed by atoms with E-state index in [1.807, 2.05) is 61.0 Å². The number of imidazole rings is 1.